The van der Waals surface area contributed by atoms with Crippen molar-refractivity contribution in [2.75, 3.05) is 19.8 Å². The Hall–Kier alpha value is -3.00. The van der Waals surface area contributed by atoms with Crippen LogP contribution in [0, 0.1) is 13.8 Å². The van der Waals surface area contributed by atoms with E-state index < -0.39 is 0 Å². The molecule has 3 aromatic heterocycles. The maximum Gasteiger partial charge on any atom is 0.272 e. The van der Waals surface area contributed by atoms with E-state index in [0.29, 0.717) is 56.5 Å². The van der Waals surface area contributed by atoms with Crippen LogP contribution >= 0.6 is 0 Å². The number of pyridine rings is 1. The minimum Gasteiger partial charge on any atom is -0.440 e. The number of oxazole rings is 1. The first-order valence-electron chi connectivity index (χ1n) is 9.89. The van der Waals surface area contributed by atoms with Gasteiger partial charge in [-0.3, -0.25) is 9.48 Å². The van der Waals surface area contributed by atoms with E-state index >= 15 is 0 Å². The minimum atomic E-state index is -0.0732. The van der Waals surface area contributed by atoms with Crippen LogP contribution in [0.2, 0.25) is 0 Å². The standard InChI is InChI=1S/C21H25N5O3/c1-4-28-11-10-26-18-8-9-25(21(27)17-7-5-6-14(2)23-17)13-16(18)19(24-26)20-22-12-15(3)29-20/h5-7,12H,4,8-11,13H2,1-3H3. The maximum atomic E-state index is 13.0. The molecular formula is C21H25N5O3. The van der Waals surface area contributed by atoms with Gasteiger partial charge < -0.3 is 14.1 Å². The lowest BCUT2D eigenvalue weighted by Gasteiger charge is -2.27. The number of hydrogen-bond acceptors (Lipinski definition) is 6. The lowest BCUT2D eigenvalue weighted by Crippen LogP contribution is -2.37. The largest absolute Gasteiger partial charge is 0.440 e. The number of carbonyl (C=O) groups excluding carboxylic acids is 1. The summed E-state index contributed by atoms with van der Waals surface area (Å²) in [6.07, 6.45) is 2.40. The molecule has 29 heavy (non-hydrogen) atoms. The fourth-order valence-corrected chi connectivity index (χ4v) is 3.60. The van der Waals surface area contributed by atoms with E-state index in [9.17, 15) is 4.79 Å². The van der Waals surface area contributed by atoms with E-state index in [1.807, 2.05) is 42.5 Å². The lowest BCUT2D eigenvalue weighted by molar-refractivity contribution is 0.0726. The number of aromatic nitrogens is 4. The van der Waals surface area contributed by atoms with Gasteiger partial charge in [0.1, 0.15) is 11.5 Å². The van der Waals surface area contributed by atoms with Crippen LogP contribution in [0.4, 0.5) is 0 Å². The average Bonchev–Trinajstić information content (AvgIpc) is 3.31. The van der Waals surface area contributed by atoms with Gasteiger partial charge in [0.2, 0.25) is 5.89 Å². The number of fused-ring (bicyclic) bond motifs is 1. The van der Waals surface area contributed by atoms with Crippen LogP contribution in [0.5, 0.6) is 0 Å². The summed E-state index contributed by atoms with van der Waals surface area (Å²) in [6, 6.07) is 5.50. The van der Waals surface area contributed by atoms with Gasteiger partial charge in [-0.15, -0.1) is 0 Å². The van der Waals surface area contributed by atoms with Crippen LogP contribution < -0.4 is 0 Å². The molecule has 0 fully saturated rings. The second kappa shape index (κ2) is 8.16. The Morgan fingerprint density at radius 3 is 2.90 bits per heavy atom. The first kappa shape index (κ1) is 19.3. The molecule has 4 rings (SSSR count). The van der Waals surface area contributed by atoms with Crippen molar-refractivity contribution in [3.63, 3.8) is 0 Å². The van der Waals surface area contributed by atoms with Gasteiger partial charge in [0.05, 0.1) is 25.9 Å². The molecule has 152 valence electrons. The number of carbonyl (C=O) groups is 1. The Morgan fingerprint density at radius 1 is 1.31 bits per heavy atom. The zero-order chi connectivity index (χ0) is 20.4. The highest BCUT2D eigenvalue weighted by molar-refractivity contribution is 5.92. The molecule has 0 saturated carbocycles. The Kier molecular flexibility index (Phi) is 5.44. The molecule has 0 unspecified atom stereocenters. The molecule has 1 aliphatic heterocycles. The molecule has 3 aromatic rings. The van der Waals surface area contributed by atoms with Gasteiger partial charge in [-0.25, -0.2) is 9.97 Å². The predicted molar refractivity (Wildman–Crippen MR) is 106 cm³/mol. The predicted octanol–water partition coefficient (Wildman–Crippen LogP) is 2.78. The second-order valence-corrected chi connectivity index (χ2v) is 7.11. The van der Waals surface area contributed by atoms with Crippen molar-refractivity contribution in [2.45, 2.75) is 40.3 Å². The van der Waals surface area contributed by atoms with Gasteiger partial charge in [-0.05, 0) is 32.9 Å². The highest BCUT2D eigenvalue weighted by Crippen LogP contribution is 2.30. The zero-order valence-corrected chi connectivity index (χ0v) is 17.0. The first-order valence-corrected chi connectivity index (χ1v) is 9.89. The van der Waals surface area contributed by atoms with Gasteiger partial charge in [0.15, 0.2) is 5.69 Å². The molecule has 4 heterocycles. The Labute approximate surface area is 169 Å². The van der Waals surface area contributed by atoms with Gasteiger partial charge in [-0.1, -0.05) is 6.07 Å². The molecule has 8 nitrogen and oxygen atoms in total. The van der Waals surface area contributed by atoms with Crippen molar-refractivity contribution in [2.24, 2.45) is 0 Å². The van der Waals surface area contributed by atoms with E-state index in [0.717, 1.165) is 22.7 Å². The van der Waals surface area contributed by atoms with Crippen LogP contribution in [0.1, 0.15) is 40.1 Å². The molecule has 0 atom stereocenters. The average molecular weight is 395 g/mol. The number of nitrogens with zero attached hydrogens (tertiary/aromatic N) is 5. The van der Waals surface area contributed by atoms with E-state index in [1.165, 1.54) is 0 Å². The molecule has 0 bridgehead atoms. The first-order chi connectivity index (χ1) is 14.1. The van der Waals surface area contributed by atoms with E-state index in [1.54, 1.807) is 12.3 Å². The summed E-state index contributed by atoms with van der Waals surface area (Å²) in [5.41, 5.74) is 4.07. The number of ether oxygens (including phenoxy) is 1. The van der Waals surface area contributed by atoms with Crippen molar-refractivity contribution >= 4 is 5.91 Å². The fraction of sp³-hybridized carbons (Fsp3) is 0.429. The second-order valence-electron chi connectivity index (χ2n) is 7.11. The maximum absolute atomic E-state index is 13.0. The number of rotatable bonds is 6. The summed E-state index contributed by atoms with van der Waals surface area (Å²) in [7, 11) is 0. The molecule has 0 saturated heterocycles. The van der Waals surface area contributed by atoms with E-state index in [-0.39, 0.29) is 5.91 Å². The summed E-state index contributed by atoms with van der Waals surface area (Å²) < 4.78 is 13.2. The van der Waals surface area contributed by atoms with Crippen molar-refractivity contribution in [3.8, 4) is 11.6 Å². The third kappa shape index (κ3) is 3.93. The van der Waals surface area contributed by atoms with Crippen LogP contribution in [-0.2, 0) is 24.2 Å². The number of amides is 1. The van der Waals surface area contributed by atoms with Gasteiger partial charge in [-0.2, -0.15) is 5.10 Å². The zero-order valence-electron chi connectivity index (χ0n) is 17.0. The topological polar surface area (TPSA) is 86.3 Å². The molecule has 0 aromatic carbocycles. The molecule has 0 radical (unpaired) electrons. The highest BCUT2D eigenvalue weighted by atomic mass is 16.5. The van der Waals surface area contributed by atoms with E-state index in [4.69, 9.17) is 14.3 Å². The van der Waals surface area contributed by atoms with Crippen molar-refractivity contribution in [3.05, 3.63) is 52.8 Å². The van der Waals surface area contributed by atoms with Crippen molar-refractivity contribution < 1.29 is 13.9 Å². The molecule has 0 spiro atoms. The van der Waals surface area contributed by atoms with Crippen LogP contribution in [0.25, 0.3) is 11.6 Å². The third-order valence-corrected chi connectivity index (χ3v) is 5.00. The van der Waals surface area contributed by atoms with Gasteiger partial charge in [0, 0.05) is 36.5 Å². The summed E-state index contributed by atoms with van der Waals surface area (Å²) in [5, 5.41) is 4.75. The molecule has 8 heteroatoms. The van der Waals surface area contributed by atoms with Crippen LogP contribution in [0.15, 0.2) is 28.8 Å². The minimum absolute atomic E-state index is 0.0732. The number of hydrogen-bond donors (Lipinski definition) is 0. The van der Waals surface area contributed by atoms with Crippen LogP contribution in [-0.4, -0.2) is 50.3 Å². The quantitative estimate of drug-likeness (QED) is 0.597. The fourth-order valence-electron chi connectivity index (χ4n) is 3.60. The lowest BCUT2D eigenvalue weighted by atomic mass is 10.0. The molecular weight excluding hydrogens is 370 g/mol. The summed E-state index contributed by atoms with van der Waals surface area (Å²) in [6.45, 7) is 8.70. The number of aryl methyl sites for hydroxylation is 2. The summed E-state index contributed by atoms with van der Waals surface area (Å²) in [4.78, 5) is 23.6. The normalized spacial score (nSPS) is 13.6. The monoisotopic (exact) mass is 395 g/mol. The third-order valence-electron chi connectivity index (χ3n) is 5.00. The van der Waals surface area contributed by atoms with Gasteiger partial charge in [0.25, 0.3) is 5.91 Å². The smallest absolute Gasteiger partial charge is 0.272 e. The van der Waals surface area contributed by atoms with Crippen molar-refractivity contribution in [1.82, 2.24) is 24.6 Å². The Bertz CT molecular complexity index is 1020. The highest BCUT2D eigenvalue weighted by Gasteiger charge is 2.30. The Balaban J connectivity index is 1.65. The SMILES string of the molecule is CCOCCn1nc(-c2ncc(C)o2)c2c1CCN(C(=O)c1cccc(C)n1)C2. The van der Waals surface area contributed by atoms with Crippen molar-refractivity contribution in [1.29, 1.82) is 0 Å². The van der Waals surface area contributed by atoms with E-state index in [2.05, 4.69) is 9.97 Å². The summed E-state index contributed by atoms with van der Waals surface area (Å²) in [5.74, 6) is 1.14. The van der Waals surface area contributed by atoms with Crippen LogP contribution in [0.3, 0.4) is 0 Å². The molecule has 0 aliphatic carbocycles. The molecule has 1 amide bonds. The summed E-state index contributed by atoms with van der Waals surface area (Å²) >= 11 is 0. The van der Waals surface area contributed by atoms with Gasteiger partial charge >= 0.3 is 0 Å². The molecule has 0 N–H and O–H groups in total. The molecule has 1 aliphatic rings. The Morgan fingerprint density at radius 2 is 2.17 bits per heavy atom.